The van der Waals surface area contributed by atoms with Gasteiger partial charge in [-0.05, 0) is 0 Å². The molecule has 0 aliphatic heterocycles. The number of hydrogen-bond donors (Lipinski definition) is 0. The van der Waals surface area contributed by atoms with Crippen molar-refractivity contribution in [2.24, 2.45) is 0 Å². The van der Waals surface area contributed by atoms with E-state index in [1.54, 1.807) is 91.0 Å². The molecule has 0 saturated carbocycles. The summed E-state index contributed by atoms with van der Waals surface area (Å²) in [6.07, 6.45) is 0. The van der Waals surface area contributed by atoms with Gasteiger partial charge in [0, 0.05) is 0 Å². The third-order valence-corrected chi connectivity index (χ3v) is 15.3. The normalized spacial score (nSPS) is 11.0. The van der Waals surface area contributed by atoms with Gasteiger partial charge in [0.2, 0.25) is 0 Å². The molecule has 0 fully saturated rings. The van der Waals surface area contributed by atoms with E-state index in [2.05, 4.69) is 0 Å². The van der Waals surface area contributed by atoms with Crippen molar-refractivity contribution in [1.29, 1.82) is 0 Å². The Morgan fingerprint density at radius 3 is 0.962 bits per heavy atom. The van der Waals surface area contributed by atoms with E-state index in [9.17, 15) is 14.4 Å². The standard InChI is InChI=1S/3C7H5O.ClH.Sn/c3*8-6-7-4-2-1-3-5-7;;/h3*1-5H;1H;/q;;;;+1/p-1. The van der Waals surface area contributed by atoms with Gasteiger partial charge < -0.3 is 0 Å². The molecule has 3 aromatic rings. The molecule has 0 aliphatic carbocycles. The first kappa shape index (κ1) is 18.5. The minimum absolute atomic E-state index is 0.298. The average molecular weight is 470 g/mol. The van der Waals surface area contributed by atoms with Crippen LogP contribution in [-0.2, 0) is 0 Å². The summed E-state index contributed by atoms with van der Waals surface area (Å²) in [5.74, 6) is 0. The summed E-state index contributed by atoms with van der Waals surface area (Å²) < 4.78 is -1.57. The van der Waals surface area contributed by atoms with Crippen molar-refractivity contribution in [3.8, 4) is 0 Å². The van der Waals surface area contributed by atoms with Gasteiger partial charge in [-0.25, -0.2) is 0 Å². The van der Waals surface area contributed by atoms with Crippen LogP contribution in [0.4, 0.5) is 0 Å². The van der Waals surface area contributed by atoms with E-state index in [1.807, 2.05) is 0 Å². The summed E-state index contributed by atoms with van der Waals surface area (Å²) >= 11 is -5.18. The van der Waals surface area contributed by atoms with Crippen molar-refractivity contribution in [3.63, 3.8) is 0 Å². The summed E-state index contributed by atoms with van der Waals surface area (Å²) in [7, 11) is 6.76. The maximum absolute atomic E-state index is 13.2. The summed E-state index contributed by atoms with van der Waals surface area (Å²) in [6, 6.07) is 25.0. The predicted octanol–water partition coefficient (Wildman–Crippen LogP) is 4.44. The summed E-state index contributed by atoms with van der Waals surface area (Å²) in [5, 5.41) is 0. The minimum atomic E-state index is -5.18. The SMILES string of the molecule is O=[C](c1ccccc1)[Sn]([Cl])([C](=O)c1ccccc1)[C](=O)c1ccccc1. The quantitative estimate of drug-likeness (QED) is 0.502. The van der Waals surface area contributed by atoms with Crippen LogP contribution in [0.25, 0.3) is 0 Å². The summed E-state index contributed by atoms with van der Waals surface area (Å²) in [5.41, 5.74) is 0.894. The van der Waals surface area contributed by atoms with E-state index in [0.29, 0.717) is 16.7 Å². The number of carbonyl (C=O) groups excluding carboxylic acids is 3. The van der Waals surface area contributed by atoms with Crippen LogP contribution >= 0.6 is 8.92 Å². The van der Waals surface area contributed by atoms with E-state index in [0.717, 1.165) is 0 Å². The predicted molar refractivity (Wildman–Crippen MR) is 104 cm³/mol. The zero-order chi connectivity index (χ0) is 18.6. The number of carbonyl (C=O) groups is 3. The fourth-order valence-electron chi connectivity index (χ4n) is 2.67. The summed E-state index contributed by atoms with van der Waals surface area (Å²) in [4.78, 5) is 39.6. The molecule has 128 valence electrons. The Balaban J connectivity index is 2.14. The van der Waals surface area contributed by atoms with Crippen molar-refractivity contribution >= 4 is 37.6 Å². The molecule has 0 heterocycles. The molecular formula is C21H15ClO3Sn. The van der Waals surface area contributed by atoms with E-state index >= 15 is 0 Å². The van der Waals surface area contributed by atoms with Crippen molar-refractivity contribution < 1.29 is 14.4 Å². The Bertz CT molecular complexity index is 816. The average Bonchev–Trinajstić information content (AvgIpc) is 2.73. The maximum atomic E-state index is 13.2. The number of rotatable bonds is 6. The van der Waals surface area contributed by atoms with Crippen LogP contribution in [-0.4, -0.2) is 28.6 Å². The first-order chi connectivity index (χ1) is 12.5. The molecular weight excluding hydrogens is 454 g/mol. The second-order valence-corrected chi connectivity index (χ2v) is 17.2. The fourth-order valence-corrected chi connectivity index (χ4v) is 11.5. The Labute approximate surface area is 159 Å². The molecule has 3 rings (SSSR count). The second kappa shape index (κ2) is 7.97. The topological polar surface area (TPSA) is 51.2 Å². The van der Waals surface area contributed by atoms with Gasteiger partial charge >= 0.3 is 160 Å². The van der Waals surface area contributed by atoms with Gasteiger partial charge in [-0.2, -0.15) is 0 Å². The van der Waals surface area contributed by atoms with Crippen LogP contribution in [0.2, 0.25) is 0 Å². The van der Waals surface area contributed by atoms with Gasteiger partial charge in [-0.15, -0.1) is 0 Å². The zero-order valence-corrected chi connectivity index (χ0v) is 17.4. The van der Waals surface area contributed by atoms with E-state index < -0.39 is 28.6 Å². The molecule has 0 unspecified atom stereocenters. The Morgan fingerprint density at radius 2 is 0.731 bits per heavy atom. The molecule has 3 nitrogen and oxygen atoms in total. The molecule has 0 saturated heterocycles. The summed E-state index contributed by atoms with van der Waals surface area (Å²) in [6.45, 7) is 0. The van der Waals surface area contributed by atoms with Crippen LogP contribution in [0.5, 0.6) is 0 Å². The van der Waals surface area contributed by atoms with Crippen LogP contribution in [0.1, 0.15) is 31.1 Å². The molecule has 0 spiro atoms. The monoisotopic (exact) mass is 470 g/mol. The van der Waals surface area contributed by atoms with Crippen LogP contribution in [0.3, 0.4) is 0 Å². The molecule has 0 N–H and O–H groups in total. The van der Waals surface area contributed by atoms with Gasteiger partial charge in [0.15, 0.2) is 0 Å². The fraction of sp³-hybridized carbons (Fsp3) is 0. The second-order valence-electron chi connectivity index (χ2n) is 5.74. The Kier molecular flexibility index (Phi) is 5.69. The van der Waals surface area contributed by atoms with Gasteiger partial charge in [0.1, 0.15) is 0 Å². The van der Waals surface area contributed by atoms with Crippen LogP contribution in [0, 0.1) is 0 Å². The Morgan fingerprint density at radius 1 is 0.500 bits per heavy atom. The number of halogens is 1. The Hall–Kier alpha value is -2.24. The zero-order valence-electron chi connectivity index (χ0n) is 13.8. The molecule has 0 bridgehead atoms. The van der Waals surface area contributed by atoms with Gasteiger partial charge in [-0.3, -0.25) is 0 Å². The number of hydrogen-bond acceptors (Lipinski definition) is 3. The third-order valence-electron chi connectivity index (χ3n) is 4.05. The molecule has 0 aliphatic rings. The first-order valence-electron chi connectivity index (χ1n) is 8.03. The van der Waals surface area contributed by atoms with Crippen molar-refractivity contribution in [2.75, 3.05) is 0 Å². The molecule has 0 aromatic heterocycles. The molecule has 26 heavy (non-hydrogen) atoms. The molecule has 0 atom stereocenters. The van der Waals surface area contributed by atoms with Crippen molar-refractivity contribution in [2.45, 2.75) is 0 Å². The molecule has 5 heteroatoms. The van der Waals surface area contributed by atoms with Crippen molar-refractivity contribution in [3.05, 3.63) is 108 Å². The van der Waals surface area contributed by atoms with Gasteiger partial charge in [-0.1, -0.05) is 0 Å². The van der Waals surface area contributed by atoms with Crippen LogP contribution in [0.15, 0.2) is 91.0 Å². The van der Waals surface area contributed by atoms with Gasteiger partial charge in [0.25, 0.3) is 0 Å². The number of benzene rings is 3. The molecule has 0 amide bonds. The van der Waals surface area contributed by atoms with E-state index in [1.165, 1.54) is 0 Å². The van der Waals surface area contributed by atoms with Crippen LogP contribution < -0.4 is 0 Å². The molecule has 0 radical (unpaired) electrons. The first-order valence-corrected chi connectivity index (χ1v) is 15.9. The van der Waals surface area contributed by atoms with Gasteiger partial charge in [0.05, 0.1) is 0 Å². The van der Waals surface area contributed by atoms with Crippen molar-refractivity contribution in [1.82, 2.24) is 0 Å². The molecule has 3 aromatic carbocycles. The third kappa shape index (κ3) is 3.50. The van der Waals surface area contributed by atoms with E-state index in [4.69, 9.17) is 8.92 Å². The van der Waals surface area contributed by atoms with E-state index in [-0.39, 0.29) is 0 Å².